The molecule has 1 rings (SSSR count). The predicted molar refractivity (Wildman–Crippen MR) is 69.8 cm³/mol. The summed E-state index contributed by atoms with van der Waals surface area (Å²) in [7, 11) is 0. The van der Waals surface area contributed by atoms with E-state index in [0.29, 0.717) is 12.2 Å². The van der Waals surface area contributed by atoms with Gasteiger partial charge in [-0.2, -0.15) is 0 Å². The van der Waals surface area contributed by atoms with Crippen LogP contribution in [-0.4, -0.2) is 29.1 Å². The Labute approximate surface area is 110 Å². The van der Waals surface area contributed by atoms with E-state index in [4.69, 9.17) is 5.11 Å². The molecule has 0 spiro atoms. The standard InChI is InChI=1S/C12H17BrN2O2/c1-9(8-16)3-2-6-14-12(17)11-5-4-10(13)7-15-11/h4-5,7,9,16H,2-3,6,8H2,1H3,(H,14,17). The smallest absolute Gasteiger partial charge is 0.269 e. The van der Waals surface area contributed by atoms with Gasteiger partial charge in [-0.1, -0.05) is 6.92 Å². The summed E-state index contributed by atoms with van der Waals surface area (Å²) in [5.41, 5.74) is 0.420. The summed E-state index contributed by atoms with van der Waals surface area (Å²) in [6.45, 7) is 2.79. The molecule has 17 heavy (non-hydrogen) atoms. The van der Waals surface area contributed by atoms with E-state index in [1.807, 2.05) is 6.92 Å². The van der Waals surface area contributed by atoms with Crippen molar-refractivity contribution in [3.63, 3.8) is 0 Å². The highest BCUT2D eigenvalue weighted by Gasteiger charge is 2.06. The molecule has 1 amide bonds. The number of rotatable bonds is 6. The third-order valence-corrected chi connectivity index (χ3v) is 2.90. The molecule has 0 bridgehead atoms. The second-order valence-electron chi connectivity index (χ2n) is 4.05. The van der Waals surface area contributed by atoms with Crippen molar-refractivity contribution in [3.05, 3.63) is 28.5 Å². The van der Waals surface area contributed by atoms with Gasteiger partial charge in [0.15, 0.2) is 0 Å². The summed E-state index contributed by atoms with van der Waals surface area (Å²) in [5.74, 6) is 0.131. The summed E-state index contributed by atoms with van der Waals surface area (Å²) in [5, 5.41) is 11.6. The number of amides is 1. The lowest BCUT2D eigenvalue weighted by atomic mass is 10.1. The number of aromatic nitrogens is 1. The van der Waals surface area contributed by atoms with Crippen molar-refractivity contribution >= 4 is 21.8 Å². The summed E-state index contributed by atoms with van der Waals surface area (Å²) in [4.78, 5) is 15.6. The normalized spacial score (nSPS) is 12.2. The monoisotopic (exact) mass is 300 g/mol. The van der Waals surface area contributed by atoms with Gasteiger partial charge in [0.05, 0.1) is 0 Å². The number of pyridine rings is 1. The number of nitrogens with zero attached hydrogens (tertiary/aromatic N) is 1. The van der Waals surface area contributed by atoms with Crippen LogP contribution in [0.4, 0.5) is 0 Å². The fourth-order valence-corrected chi connectivity index (χ4v) is 1.58. The van der Waals surface area contributed by atoms with E-state index in [2.05, 4.69) is 26.2 Å². The van der Waals surface area contributed by atoms with Gasteiger partial charge in [0.25, 0.3) is 5.91 Å². The van der Waals surface area contributed by atoms with Gasteiger partial charge in [-0.05, 0) is 46.8 Å². The van der Waals surface area contributed by atoms with Crippen molar-refractivity contribution in [2.75, 3.05) is 13.2 Å². The lowest BCUT2D eigenvalue weighted by Gasteiger charge is -2.08. The maximum Gasteiger partial charge on any atom is 0.269 e. The fourth-order valence-electron chi connectivity index (χ4n) is 1.34. The fraction of sp³-hybridized carbons (Fsp3) is 0.500. The molecule has 1 unspecified atom stereocenters. The van der Waals surface area contributed by atoms with Crippen LogP contribution < -0.4 is 5.32 Å². The number of carbonyl (C=O) groups is 1. The van der Waals surface area contributed by atoms with E-state index in [0.717, 1.165) is 17.3 Å². The molecule has 1 atom stereocenters. The van der Waals surface area contributed by atoms with Crippen LogP contribution in [0.5, 0.6) is 0 Å². The third kappa shape index (κ3) is 5.28. The van der Waals surface area contributed by atoms with Crippen molar-refractivity contribution in [2.24, 2.45) is 5.92 Å². The van der Waals surface area contributed by atoms with E-state index in [1.54, 1.807) is 18.3 Å². The van der Waals surface area contributed by atoms with Crippen LogP contribution in [0.2, 0.25) is 0 Å². The number of halogens is 1. The first kappa shape index (κ1) is 14.1. The van der Waals surface area contributed by atoms with Crippen molar-refractivity contribution in [1.82, 2.24) is 10.3 Å². The third-order valence-electron chi connectivity index (χ3n) is 2.43. The Kier molecular flexibility index (Phi) is 6.15. The Hall–Kier alpha value is -0.940. The van der Waals surface area contributed by atoms with Gasteiger partial charge in [0.2, 0.25) is 0 Å². The minimum atomic E-state index is -0.158. The van der Waals surface area contributed by atoms with Crippen molar-refractivity contribution in [3.8, 4) is 0 Å². The molecule has 4 nitrogen and oxygen atoms in total. The minimum absolute atomic E-state index is 0.158. The Morgan fingerprint density at radius 1 is 1.59 bits per heavy atom. The molecule has 1 aromatic heterocycles. The van der Waals surface area contributed by atoms with Gasteiger partial charge in [-0.3, -0.25) is 4.79 Å². The van der Waals surface area contributed by atoms with E-state index in [9.17, 15) is 4.79 Å². The zero-order chi connectivity index (χ0) is 12.7. The zero-order valence-electron chi connectivity index (χ0n) is 9.82. The first-order chi connectivity index (χ1) is 8.13. The van der Waals surface area contributed by atoms with Gasteiger partial charge >= 0.3 is 0 Å². The number of aliphatic hydroxyl groups is 1. The minimum Gasteiger partial charge on any atom is -0.396 e. The molecule has 0 fully saturated rings. The van der Waals surface area contributed by atoms with Gasteiger partial charge in [0.1, 0.15) is 5.69 Å². The molecule has 0 saturated carbocycles. The molecule has 94 valence electrons. The summed E-state index contributed by atoms with van der Waals surface area (Å²) in [6, 6.07) is 3.46. The maximum atomic E-state index is 11.6. The van der Waals surface area contributed by atoms with Crippen LogP contribution in [0, 0.1) is 5.92 Å². The van der Waals surface area contributed by atoms with Gasteiger partial charge in [-0.25, -0.2) is 4.98 Å². The highest BCUT2D eigenvalue weighted by molar-refractivity contribution is 9.10. The largest absolute Gasteiger partial charge is 0.396 e. The average molecular weight is 301 g/mol. The first-order valence-corrected chi connectivity index (χ1v) is 6.43. The average Bonchev–Trinajstić information content (AvgIpc) is 2.34. The van der Waals surface area contributed by atoms with Crippen molar-refractivity contribution in [2.45, 2.75) is 19.8 Å². The second kappa shape index (κ2) is 7.40. The number of carbonyl (C=O) groups excluding carboxylic acids is 1. The molecule has 0 aliphatic carbocycles. The molecule has 5 heteroatoms. The van der Waals surface area contributed by atoms with E-state index < -0.39 is 0 Å². The van der Waals surface area contributed by atoms with Crippen LogP contribution in [0.1, 0.15) is 30.3 Å². The number of nitrogens with one attached hydrogen (secondary N) is 1. The highest BCUT2D eigenvalue weighted by Crippen LogP contribution is 2.07. The number of hydrogen-bond donors (Lipinski definition) is 2. The Bertz CT molecular complexity index is 354. The molecular weight excluding hydrogens is 284 g/mol. The quantitative estimate of drug-likeness (QED) is 0.790. The first-order valence-electron chi connectivity index (χ1n) is 5.64. The van der Waals surface area contributed by atoms with Crippen LogP contribution in [-0.2, 0) is 0 Å². The van der Waals surface area contributed by atoms with Crippen LogP contribution in [0.3, 0.4) is 0 Å². The Balaban J connectivity index is 2.28. The predicted octanol–water partition coefficient (Wildman–Crippen LogP) is 1.98. The molecular formula is C12H17BrN2O2. The number of hydrogen-bond acceptors (Lipinski definition) is 3. The molecule has 2 N–H and O–H groups in total. The van der Waals surface area contributed by atoms with Crippen molar-refractivity contribution in [1.29, 1.82) is 0 Å². The Morgan fingerprint density at radius 3 is 2.94 bits per heavy atom. The van der Waals surface area contributed by atoms with Crippen LogP contribution in [0.25, 0.3) is 0 Å². The molecule has 0 aromatic carbocycles. The second-order valence-corrected chi connectivity index (χ2v) is 4.96. The summed E-state index contributed by atoms with van der Waals surface area (Å²) in [6.07, 6.45) is 3.37. The molecule has 1 aromatic rings. The van der Waals surface area contributed by atoms with E-state index >= 15 is 0 Å². The molecule has 0 aliphatic heterocycles. The van der Waals surface area contributed by atoms with Gasteiger partial charge in [-0.15, -0.1) is 0 Å². The van der Waals surface area contributed by atoms with E-state index in [1.165, 1.54) is 0 Å². The number of aliphatic hydroxyl groups excluding tert-OH is 1. The topological polar surface area (TPSA) is 62.2 Å². The lowest BCUT2D eigenvalue weighted by molar-refractivity contribution is 0.0947. The maximum absolute atomic E-state index is 11.6. The molecule has 1 heterocycles. The summed E-state index contributed by atoms with van der Waals surface area (Å²) < 4.78 is 0.853. The SMILES string of the molecule is CC(CO)CCCNC(=O)c1ccc(Br)cn1. The van der Waals surface area contributed by atoms with Gasteiger partial charge < -0.3 is 10.4 Å². The van der Waals surface area contributed by atoms with Crippen molar-refractivity contribution < 1.29 is 9.90 Å². The highest BCUT2D eigenvalue weighted by atomic mass is 79.9. The Morgan fingerprint density at radius 2 is 2.35 bits per heavy atom. The summed E-state index contributed by atoms with van der Waals surface area (Å²) >= 11 is 3.26. The molecule has 0 aliphatic rings. The lowest BCUT2D eigenvalue weighted by Crippen LogP contribution is -2.25. The van der Waals surface area contributed by atoms with Gasteiger partial charge in [0, 0.05) is 23.8 Å². The van der Waals surface area contributed by atoms with Crippen LogP contribution >= 0.6 is 15.9 Å². The molecule has 0 radical (unpaired) electrons. The molecule has 0 saturated heterocycles. The van der Waals surface area contributed by atoms with E-state index in [-0.39, 0.29) is 18.4 Å². The zero-order valence-corrected chi connectivity index (χ0v) is 11.4. The van der Waals surface area contributed by atoms with Crippen LogP contribution in [0.15, 0.2) is 22.8 Å².